The van der Waals surface area contributed by atoms with Crippen molar-refractivity contribution in [1.29, 1.82) is 0 Å². The fourth-order valence-electron chi connectivity index (χ4n) is 3.23. The summed E-state index contributed by atoms with van der Waals surface area (Å²) in [6.07, 6.45) is 5.12. The van der Waals surface area contributed by atoms with Crippen LogP contribution in [0.3, 0.4) is 0 Å². The molecule has 1 aliphatic rings. The molecule has 5 nitrogen and oxygen atoms in total. The lowest BCUT2D eigenvalue weighted by Crippen LogP contribution is -2.36. The molecule has 26 heavy (non-hydrogen) atoms. The number of thiazole rings is 1. The van der Waals surface area contributed by atoms with Crippen molar-refractivity contribution in [3.63, 3.8) is 0 Å². The van der Waals surface area contributed by atoms with E-state index in [1.807, 2.05) is 0 Å². The minimum Gasteiger partial charge on any atom is -0.493 e. The summed E-state index contributed by atoms with van der Waals surface area (Å²) in [5.74, 6) is 1.40. The van der Waals surface area contributed by atoms with Crippen LogP contribution in [0, 0.1) is 19.8 Å². The third kappa shape index (κ3) is 5.54. The Morgan fingerprint density at radius 1 is 1.31 bits per heavy atom. The zero-order valence-electron chi connectivity index (χ0n) is 15.4. The number of nitrogens with zero attached hydrogens (tertiary/aromatic N) is 2. The van der Waals surface area contributed by atoms with Crippen LogP contribution in [0.15, 0.2) is 29.9 Å². The zero-order chi connectivity index (χ0) is 18.4. The van der Waals surface area contributed by atoms with E-state index < -0.39 is 0 Å². The summed E-state index contributed by atoms with van der Waals surface area (Å²) in [5, 5.41) is 1.80. The number of hydrogen-bond donors (Lipinski definition) is 0. The number of piperidine rings is 1. The highest BCUT2D eigenvalue weighted by Crippen LogP contribution is 2.23. The number of ether oxygens (including phenoxy) is 1. The number of aromatic nitrogens is 1. The van der Waals surface area contributed by atoms with Crippen LogP contribution < -0.4 is 4.74 Å². The van der Waals surface area contributed by atoms with Gasteiger partial charge in [-0.2, -0.15) is 0 Å². The zero-order valence-corrected chi connectivity index (χ0v) is 16.3. The summed E-state index contributed by atoms with van der Waals surface area (Å²) in [5.41, 5.74) is 4.17. The monoisotopic (exact) mass is 374 g/mol. The molecule has 6 heteroatoms. The van der Waals surface area contributed by atoms with Crippen LogP contribution in [0.2, 0.25) is 0 Å². The second-order valence-corrected chi connectivity index (χ2v) is 7.86. The molecule has 0 radical (unpaired) electrons. The average Bonchev–Trinajstić information content (AvgIpc) is 3.11. The molecular weight excluding hydrogens is 348 g/mol. The van der Waals surface area contributed by atoms with E-state index in [2.05, 4.69) is 37.0 Å². The van der Waals surface area contributed by atoms with Gasteiger partial charge in [-0.05, 0) is 50.7 Å². The Morgan fingerprint density at radius 3 is 2.81 bits per heavy atom. The van der Waals surface area contributed by atoms with Crippen molar-refractivity contribution < 1.29 is 14.4 Å². The smallest absolute Gasteiger partial charge is 0.330 e. The maximum atomic E-state index is 11.9. The summed E-state index contributed by atoms with van der Waals surface area (Å²) < 4.78 is 5.94. The predicted molar refractivity (Wildman–Crippen MR) is 102 cm³/mol. The normalized spacial score (nSPS) is 15.8. The van der Waals surface area contributed by atoms with Crippen LogP contribution in [0.1, 0.15) is 35.3 Å². The molecular formula is C20H26N2O3S. The Labute approximate surface area is 158 Å². The predicted octanol–water partition coefficient (Wildman–Crippen LogP) is 3.94. The van der Waals surface area contributed by atoms with Crippen LogP contribution in [0.4, 0.5) is 0 Å². The maximum Gasteiger partial charge on any atom is 0.330 e. The van der Waals surface area contributed by atoms with E-state index in [1.54, 1.807) is 16.8 Å². The molecule has 0 unspecified atom stereocenters. The summed E-state index contributed by atoms with van der Waals surface area (Å²) in [4.78, 5) is 22.3. The number of benzene rings is 1. The molecule has 0 atom stereocenters. The van der Waals surface area contributed by atoms with Gasteiger partial charge in [-0.15, -0.1) is 16.4 Å². The quantitative estimate of drug-likeness (QED) is 0.735. The molecule has 0 bridgehead atoms. The Kier molecular flexibility index (Phi) is 6.63. The van der Waals surface area contributed by atoms with Crippen LogP contribution >= 0.6 is 11.3 Å². The molecule has 1 aromatic heterocycles. The van der Waals surface area contributed by atoms with E-state index in [0.717, 1.165) is 49.6 Å². The number of hydroxylamine groups is 2. The van der Waals surface area contributed by atoms with Gasteiger partial charge < -0.3 is 9.57 Å². The van der Waals surface area contributed by atoms with Gasteiger partial charge >= 0.3 is 5.97 Å². The second-order valence-electron chi connectivity index (χ2n) is 6.89. The van der Waals surface area contributed by atoms with Crippen molar-refractivity contribution in [3.8, 4) is 5.75 Å². The highest BCUT2D eigenvalue weighted by molar-refractivity contribution is 7.09. The van der Waals surface area contributed by atoms with Gasteiger partial charge in [0, 0.05) is 24.2 Å². The van der Waals surface area contributed by atoms with Gasteiger partial charge in [-0.25, -0.2) is 4.79 Å². The van der Waals surface area contributed by atoms with Crippen LogP contribution in [0.5, 0.6) is 5.75 Å². The standard InChI is InChI=1S/C20H26N2O3S/c1-15-3-4-19(16(2)11-15)24-10-7-17-5-8-22(9-6-17)25-20(23)12-18-13-21-14-26-18/h3-4,11,13-14,17H,5-10,12H2,1-2H3. The molecule has 1 aromatic carbocycles. The molecule has 3 rings (SSSR count). The SMILES string of the molecule is Cc1ccc(OCCC2CCN(OC(=O)Cc3cncs3)CC2)c(C)c1. The van der Waals surface area contributed by atoms with E-state index in [4.69, 9.17) is 9.57 Å². The van der Waals surface area contributed by atoms with E-state index in [0.29, 0.717) is 12.3 Å². The topological polar surface area (TPSA) is 51.7 Å². The van der Waals surface area contributed by atoms with E-state index in [1.165, 1.54) is 22.5 Å². The first kappa shape index (κ1) is 18.9. The average molecular weight is 375 g/mol. The minimum atomic E-state index is -0.203. The van der Waals surface area contributed by atoms with Gasteiger partial charge in [0.1, 0.15) is 5.75 Å². The molecule has 0 saturated carbocycles. The Balaban J connectivity index is 1.34. The van der Waals surface area contributed by atoms with Crippen molar-refractivity contribution in [1.82, 2.24) is 10.0 Å². The van der Waals surface area contributed by atoms with Crippen molar-refractivity contribution >= 4 is 17.3 Å². The third-order valence-corrected chi connectivity index (χ3v) is 5.50. The van der Waals surface area contributed by atoms with Gasteiger partial charge in [0.25, 0.3) is 0 Å². The van der Waals surface area contributed by atoms with Crippen molar-refractivity contribution in [2.75, 3.05) is 19.7 Å². The first-order valence-electron chi connectivity index (χ1n) is 9.13. The molecule has 2 heterocycles. The van der Waals surface area contributed by atoms with E-state index in [9.17, 15) is 4.79 Å². The molecule has 0 amide bonds. The van der Waals surface area contributed by atoms with Gasteiger partial charge in [0.15, 0.2) is 0 Å². The van der Waals surface area contributed by atoms with Gasteiger partial charge in [-0.3, -0.25) is 4.98 Å². The minimum absolute atomic E-state index is 0.203. The van der Waals surface area contributed by atoms with Crippen molar-refractivity contribution in [3.05, 3.63) is 45.9 Å². The number of carbonyl (C=O) groups is 1. The summed E-state index contributed by atoms with van der Waals surface area (Å²) in [6, 6.07) is 6.28. The molecule has 1 saturated heterocycles. The fraction of sp³-hybridized carbons (Fsp3) is 0.500. The number of rotatable bonds is 7. The molecule has 140 valence electrons. The molecule has 0 N–H and O–H groups in total. The Hall–Kier alpha value is -1.92. The van der Waals surface area contributed by atoms with E-state index in [-0.39, 0.29) is 5.97 Å². The van der Waals surface area contributed by atoms with Gasteiger partial charge in [-0.1, -0.05) is 17.7 Å². The lowest BCUT2D eigenvalue weighted by atomic mass is 9.95. The number of aryl methyl sites for hydroxylation is 2. The van der Waals surface area contributed by atoms with Crippen molar-refractivity contribution in [2.45, 2.75) is 39.5 Å². The second kappa shape index (κ2) is 9.14. The summed E-state index contributed by atoms with van der Waals surface area (Å²) in [6.45, 7) is 6.50. The first-order chi connectivity index (χ1) is 12.6. The summed E-state index contributed by atoms with van der Waals surface area (Å²) in [7, 11) is 0. The van der Waals surface area contributed by atoms with E-state index >= 15 is 0 Å². The molecule has 0 spiro atoms. The van der Waals surface area contributed by atoms with Gasteiger partial charge in [0.2, 0.25) is 0 Å². The highest BCUT2D eigenvalue weighted by Gasteiger charge is 2.22. The molecule has 2 aromatic rings. The maximum absolute atomic E-state index is 11.9. The first-order valence-corrected chi connectivity index (χ1v) is 10.0. The number of hydrogen-bond acceptors (Lipinski definition) is 6. The molecule has 0 aliphatic carbocycles. The largest absolute Gasteiger partial charge is 0.493 e. The Bertz CT molecular complexity index is 710. The third-order valence-electron chi connectivity index (χ3n) is 4.72. The van der Waals surface area contributed by atoms with Crippen LogP contribution in [-0.2, 0) is 16.1 Å². The summed E-state index contributed by atoms with van der Waals surface area (Å²) >= 11 is 1.48. The lowest BCUT2D eigenvalue weighted by molar-refractivity contribution is -0.195. The van der Waals surface area contributed by atoms with Crippen molar-refractivity contribution in [2.24, 2.45) is 5.92 Å². The van der Waals surface area contributed by atoms with Crippen LogP contribution in [0.25, 0.3) is 0 Å². The lowest BCUT2D eigenvalue weighted by Gasteiger charge is -2.30. The molecule has 1 fully saturated rings. The Morgan fingerprint density at radius 2 is 2.12 bits per heavy atom. The highest BCUT2D eigenvalue weighted by atomic mass is 32.1. The molecule has 1 aliphatic heterocycles. The fourth-order valence-corrected chi connectivity index (χ4v) is 3.81. The van der Waals surface area contributed by atoms with Gasteiger partial charge in [0.05, 0.1) is 18.5 Å². The van der Waals surface area contributed by atoms with Crippen LogP contribution in [-0.4, -0.2) is 35.7 Å². The number of carbonyl (C=O) groups excluding carboxylic acids is 1.